The third-order valence-corrected chi connectivity index (χ3v) is 1.48. The Kier molecular flexibility index (Phi) is 3.31. The second-order valence-electron chi connectivity index (χ2n) is 2.64. The predicted molar refractivity (Wildman–Crippen MR) is 48.6 cm³/mol. The molecule has 1 aromatic carbocycles. The van der Waals surface area contributed by atoms with Crippen LogP contribution in [-0.2, 0) is 4.79 Å². The standard InChI is InChI=1S/C10H11O3/c1-8-3-2-4-9(7-8)13-6-5-10(11)12/h2-4,7H,1,5-6H2,(H,11,12). The average Bonchev–Trinajstić information content (AvgIpc) is 2.03. The normalized spacial score (nSPS) is 9.62. The van der Waals surface area contributed by atoms with Gasteiger partial charge in [0.15, 0.2) is 0 Å². The van der Waals surface area contributed by atoms with Crippen molar-refractivity contribution in [1.82, 2.24) is 0 Å². The fraction of sp³-hybridized carbons (Fsp3) is 0.200. The molecule has 1 aromatic rings. The quantitative estimate of drug-likeness (QED) is 0.765. The van der Waals surface area contributed by atoms with Crippen LogP contribution in [0, 0.1) is 6.92 Å². The molecule has 0 unspecified atom stereocenters. The molecule has 0 saturated carbocycles. The number of hydrogen-bond donors (Lipinski definition) is 1. The largest absolute Gasteiger partial charge is 0.493 e. The van der Waals surface area contributed by atoms with Gasteiger partial charge in [-0.25, -0.2) is 0 Å². The third-order valence-electron chi connectivity index (χ3n) is 1.48. The van der Waals surface area contributed by atoms with Gasteiger partial charge in [-0.15, -0.1) is 0 Å². The lowest BCUT2D eigenvalue weighted by molar-refractivity contribution is -0.137. The van der Waals surface area contributed by atoms with Crippen LogP contribution in [0.3, 0.4) is 0 Å². The summed E-state index contributed by atoms with van der Waals surface area (Å²) >= 11 is 0. The van der Waals surface area contributed by atoms with Crippen molar-refractivity contribution in [3.05, 3.63) is 36.8 Å². The number of ether oxygens (including phenoxy) is 1. The molecule has 3 heteroatoms. The number of carboxylic acid groups (broad SMARTS) is 1. The maximum absolute atomic E-state index is 10.2. The van der Waals surface area contributed by atoms with Gasteiger partial charge in [-0.3, -0.25) is 4.79 Å². The summed E-state index contributed by atoms with van der Waals surface area (Å²) < 4.78 is 5.18. The second kappa shape index (κ2) is 4.50. The van der Waals surface area contributed by atoms with E-state index in [9.17, 15) is 4.79 Å². The molecule has 0 aromatic heterocycles. The highest BCUT2D eigenvalue weighted by atomic mass is 16.5. The van der Waals surface area contributed by atoms with Gasteiger partial charge >= 0.3 is 5.97 Å². The summed E-state index contributed by atoms with van der Waals surface area (Å²) in [5.41, 5.74) is 0.854. The molecule has 0 atom stereocenters. The van der Waals surface area contributed by atoms with Gasteiger partial charge in [0.05, 0.1) is 13.0 Å². The first-order chi connectivity index (χ1) is 6.18. The lowest BCUT2D eigenvalue weighted by Crippen LogP contribution is -2.04. The van der Waals surface area contributed by atoms with Crippen LogP contribution in [0.5, 0.6) is 5.75 Å². The van der Waals surface area contributed by atoms with Crippen LogP contribution in [0.4, 0.5) is 0 Å². The van der Waals surface area contributed by atoms with Gasteiger partial charge in [0.2, 0.25) is 0 Å². The first-order valence-corrected chi connectivity index (χ1v) is 3.95. The van der Waals surface area contributed by atoms with Gasteiger partial charge in [0.25, 0.3) is 0 Å². The fourth-order valence-electron chi connectivity index (χ4n) is 0.891. The average molecular weight is 179 g/mol. The Morgan fingerprint density at radius 2 is 2.31 bits per heavy atom. The Bertz CT molecular complexity index is 294. The Labute approximate surface area is 77.0 Å². The van der Waals surface area contributed by atoms with Crippen LogP contribution >= 0.6 is 0 Å². The lowest BCUT2D eigenvalue weighted by Gasteiger charge is -2.04. The summed E-state index contributed by atoms with van der Waals surface area (Å²) in [6.45, 7) is 3.92. The zero-order chi connectivity index (χ0) is 9.68. The Morgan fingerprint density at radius 3 is 2.92 bits per heavy atom. The van der Waals surface area contributed by atoms with Crippen molar-refractivity contribution >= 4 is 5.97 Å². The number of aliphatic carboxylic acids is 1. The lowest BCUT2D eigenvalue weighted by atomic mass is 10.2. The molecule has 0 saturated heterocycles. The number of benzene rings is 1. The first kappa shape index (κ1) is 9.58. The molecule has 0 aliphatic rings. The summed E-state index contributed by atoms with van der Waals surface area (Å²) in [6, 6.07) is 7.21. The van der Waals surface area contributed by atoms with Crippen molar-refractivity contribution in [2.24, 2.45) is 0 Å². The number of carbonyl (C=O) groups is 1. The first-order valence-electron chi connectivity index (χ1n) is 3.95. The van der Waals surface area contributed by atoms with Gasteiger partial charge in [0, 0.05) is 0 Å². The summed E-state index contributed by atoms with van der Waals surface area (Å²) in [6.07, 6.45) is 0.0152. The monoisotopic (exact) mass is 179 g/mol. The molecule has 0 amide bonds. The molecule has 13 heavy (non-hydrogen) atoms. The van der Waals surface area contributed by atoms with Crippen molar-refractivity contribution in [2.75, 3.05) is 6.61 Å². The minimum atomic E-state index is -0.856. The minimum Gasteiger partial charge on any atom is -0.493 e. The van der Waals surface area contributed by atoms with Gasteiger partial charge in [-0.1, -0.05) is 12.1 Å². The van der Waals surface area contributed by atoms with E-state index in [0.29, 0.717) is 5.75 Å². The smallest absolute Gasteiger partial charge is 0.306 e. The van der Waals surface area contributed by atoms with Gasteiger partial charge < -0.3 is 9.84 Å². The van der Waals surface area contributed by atoms with Crippen molar-refractivity contribution in [3.8, 4) is 5.75 Å². The van der Waals surface area contributed by atoms with Gasteiger partial charge in [-0.2, -0.15) is 0 Å². The van der Waals surface area contributed by atoms with E-state index in [4.69, 9.17) is 9.84 Å². The van der Waals surface area contributed by atoms with E-state index >= 15 is 0 Å². The summed E-state index contributed by atoms with van der Waals surface area (Å²) in [4.78, 5) is 10.2. The van der Waals surface area contributed by atoms with E-state index in [1.807, 2.05) is 12.1 Å². The predicted octanol–water partition coefficient (Wildman–Crippen LogP) is 1.72. The van der Waals surface area contributed by atoms with E-state index in [1.165, 1.54) is 0 Å². The van der Waals surface area contributed by atoms with Crippen LogP contribution in [0.1, 0.15) is 12.0 Å². The molecule has 3 nitrogen and oxygen atoms in total. The van der Waals surface area contributed by atoms with Crippen LogP contribution in [0.15, 0.2) is 24.3 Å². The highest BCUT2D eigenvalue weighted by molar-refractivity contribution is 5.66. The number of rotatable bonds is 4. The van der Waals surface area contributed by atoms with E-state index in [1.54, 1.807) is 12.1 Å². The molecule has 0 fully saturated rings. The van der Waals surface area contributed by atoms with Crippen LogP contribution < -0.4 is 4.74 Å². The topological polar surface area (TPSA) is 46.5 Å². The van der Waals surface area contributed by atoms with Crippen LogP contribution in [0.25, 0.3) is 0 Å². The second-order valence-corrected chi connectivity index (χ2v) is 2.64. The van der Waals surface area contributed by atoms with E-state index in [-0.39, 0.29) is 13.0 Å². The molecular weight excluding hydrogens is 168 g/mol. The molecule has 0 heterocycles. The van der Waals surface area contributed by atoms with Crippen LogP contribution in [0.2, 0.25) is 0 Å². The van der Waals surface area contributed by atoms with Crippen molar-refractivity contribution in [3.63, 3.8) is 0 Å². The maximum atomic E-state index is 10.2. The highest BCUT2D eigenvalue weighted by Crippen LogP contribution is 2.12. The fourth-order valence-corrected chi connectivity index (χ4v) is 0.891. The van der Waals surface area contributed by atoms with Gasteiger partial charge in [0.1, 0.15) is 5.75 Å². The molecular formula is C10H11O3. The zero-order valence-corrected chi connectivity index (χ0v) is 7.19. The Morgan fingerprint density at radius 1 is 1.54 bits per heavy atom. The molecule has 69 valence electrons. The highest BCUT2D eigenvalue weighted by Gasteiger charge is 1.97. The maximum Gasteiger partial charge on any atom is 0.306 e. The van der Waals surface area contributed by atoms with Crippen molar-refractivity contribution in [2.45, 2.75) is 6.42 Å². The number of hydrogen-bond acceptors (Lipinski definition) is 2. The molecule has 1 N–H and O–H groups in total. The molecule has 0 bridgehead atoms. The minimum absolute atomic E-state index is 0.0152. The summed E-state index contributed by atoms with van der Waals surface area (Å²) in [5.74, 6) is -0.195. The molecule has 0 aliphatic carbocycles. The molecule has 1 radical (unpaired) electrons. The molecule has 1 rings (SSSR count). The Balaban J connectivity index is 2.41. The van der Waals surface area contributed by atoms with E-state index < -0.39 is 5.97 Å². The van der Waals surface area contributed by atoms with Crippen molar-refractivity contribution in [1.29, 1.82) is 0 Å². The van der Waals surface area contributed by atoms with Gasteiger partial charge in [-0.05, 0) is 24.6 Å². The molecule has 0 aliphatic heterocycles. The van der Waals surface area contributed by atoms with E-state index in [0.717, 1.165) is 5.56 Å². The SMILES string of the molecule is [CH2]c1cccc(OCCC(=O)O)c1. The van der Waals surface area contributed by atoms with E-state index in [2.05, 4.69) is 6.92 Å². The van der Waals surface area contributed by atoms with Crippen LogP contribution in [-0.4, -0.2) is 17.7 Å². The van der Waals surface area contributed by atoms with Crippen molar-refractivity contribution < 1.29 is 14.6 Å². The molecule has 0 spiro atoms. The zero-order valence-electron chi connectivity index (χ0n) is 7.19. The summed E-state index contributed by atoms with van der Waals surface area (Å²) in [5, 5.41) is 8.35. The Hall–Kier alpha value is -1.51. The number of carboxylic acids is 1. The third kappa shape index (κ3) is 3.60. The summed E-state index contributed by atoms with van der Waals surface area (Å²) in [7, 11) is 0.